The predicted molar refractivity (Wildman–Crippen MR) is 55.5 cm³/mol. The third-order valence-corrected chi connectivity index (χ3v) is 1.89. The highest BCUT2D eigenvalue weighted by Gasteiger charge is 1.92. The van der Waals surface area contributed by atoms with Crippen molar-refractivity contribution in [3.8, 4) is 0 Å². The van der Waals surface area contributed by atoms with Crippen molar-refractivity contribution in [2.45, 2.75) is 59.3 Å². The second-order valence-electron chi connectivity index (χ2n) is 3.60. The van der Waals surface area contributed by atoms with Crippen LogP contribution in [0.5, 0.6) is 0 Å². The van der Waals surface area contributed by atoms with Gasteiger partial charge in [0.15, 0.2) is 0 Å². The van der Waals surface area contributed by atoms with Gasteiger partial charge in [-0.2, -0.15) is 0 Å². The molecule has 0 aliphatic rings. The molecule has 0 amide bonds. The fourth-order valence-corrected chi connectivity index (χ4v) is 1.16. The Bertz CT molecular complexity index is 59.9. The van der Waals surface area contributed by atoms with Gasteiger partial charge >= 0.3 is 0 Å². The second kappa shape index (κ2) is 10.3. The van der Waals surface area contributed by atoms with Crippen molar-refractivity contribution >= 4 is 12.4 Å². The van der Waals surface area contributed by atoms with Crippen LogP contribution in [0.3, 0.4) is 0 Å². The van der Waals surface area contributed by atoms with Gasteiger partial charge in [-0.15, -0.1) is 12.4 Å². The normalized spacial score (nSPS) is 9.82. The zero-order valence-electron chi connectivity index (χ0n) is 8.23. The molecular formula is C10H23Cl. The van der Waals surface area contributed by atoms with Crippen LogP contribution in [-0.2, 0) is 0 Å². The van der Waals surface area contributed by atoms with E-state index in [9.17, 15) is 0 Å². The lowest BCUT2D eigenvalue weighted by Crippen LogP contribution is -1.86. The van der Waals surface area contributed by atoms with E-state index in [0.717, 1.165) is 5.92 Å². The topological polar surface area (TPSA) is 0 Å². The van der Waals surface area contributed by atoms with Gasteiger partial charge in [0.2, 0.25) is 0 Å². The van der Waals surface area contributed by atoms with Gasteiger partial charge in [0.05, 0.1) is 0 Å². The first-order chi connectivity index (χ1) is 4.77. The predicted octanol–water partition coefficient (Wildman–Crippen LogP) is 4.42. The monoisotopic (exact) mass is 178 g/mol. The lowest BCUT2D eigenvalue weighted by Gasteiger charge is -2.02. The lowest BCUT2D eigenvalue weighted by molar-refractivity contribution is 0.518. The molecule has 0 saturated heterocycles. The molecule has 0 aromatic rings. The van der Waals surface area contributed by atoms with Gasteiger partial charge in [0.1, 0.15) is 0 Å². The average molecular weight is 179 g/mol. The summed E-state index contributed by atoms with van der Waals surface area (Å²) in [6, 6.07) is 0. The van der Waals surface area contributed by atoms with Crippen LogP contribution in [0.4, 0.5) is 0 Å². The highest BCUT2D eigenvalue weighted by atomic mass is 35.5. The van der Waals surface area contributed by atoms with Crippen molar-refractivity contribution in [2.75, 3.05) is 0 Å². The number of unbranched alkanes of at least 4 members (excludes halogenated alkanes) is 4. The third-order valence-electron chi connectivity index (χ3n) is 1.89. The molecule has 11 heavy (non-hydrogen) atoms. The van der Waals surface area contributed by atoms with Gasteiger partial charge in [-0.25, -0.2) is 0 Å². The van der Waals surface area contributed by atoms with E-state index in [0.29, 0.717) is 0 Å². The SMILES string of the molecule is CCCCCCCC(C)C.Cl. The van der Waals surface area contributed by atoms with Crippen molar-refractivity contribution < 1.29 is 0 Å². The minimum Gasteiger partial charge on any atom is -0.147 e. The maximum Gasteiger partial charge on any atom is -0.0471 e. The molecule has 0 aliphatic heterocycles. The summed E-state index contributed by atoms with van der Waals surface area (Å²) in [6.07, 6.45) is 8.55. The molecule has 0 fully saturated rings. The summed E-state index contributed by atoms with van der Waals surface area (Å²) < 4.78 is 0. The van der Waals surface area contributed by atoms with Gasteiger partial charge in [-0.3, -0.25) is 0 Å². The zero-order chi connectivity index (χ0) is 7.82. The fourth-order valence-electron chi connectivity index (χ4n) is 1.16. The van der Waals surface area contributed by atoms with Crippen LogP contribution in [0.1, 0.15) is 59.3 Å². The molecule has 0 radical (unpaired) electrons. The highest BCUT2D eigenvalue weighted by molar-refractivity contribution is 5.85. The maximum absolute atomic E-state index is 2.31. The number of hydrogen-bond acceptors (Lipinski definition) is 0. The van der Waals surface area contributed by atoms with Crippen LogP contribution >= 0.6 is 12.4 Å². The molecule has 0 aliphatic carbocycles. The first-order valence-electron chi connectivity index (χ1n) is 4.77. The van der Waals surface area contributed by atoms with E-state index in [1.54, 1.807) is 0 Å². The Morgan fingerprint density at radius 3 is 1.91 bits per heavy atom. The van der Waals surface area contributed by atoms with E-state index in [4.69, 9.17) is 0 Å². The van der Waals surface area contributed by atoms with Crippen LogP contribution in [0, 0.1) is 5.92 Å². The molecule has 0 aromatic heterocycles. The van der Waals surface area contributed by atoms with Gasteiger partial charge < -0.3 is 0 Å². The van der Waals surface area contributed by atoms with Gasteiger partial charge in [0, 0.05) is 0 Å². The van der Waals surface area contributed by atoms with E-state index in [1.165, 1.54) is 38.5 Å². The summed E-state index contributed by atoms with van der Waals surface area (Å²) >= 11 is 0. The standard InChI is InChI=1S/C10H22.ClH/c1-4-5-6-7-8-9-10(2)3;/h10H,4-9H2,1-3H3;1H. The minimum atomic E-state index is 0. The Morgan fingerprint density at radius 1 is 0.909 bits per heavy atom. The maximum atomic E-state index is 2.31. The van der Waals surface area contributed by atoms with Crippen LogP contribution in [0.2, 0.25) is 0 Å². The smallest absolute Gasteiger partial charge is 0.0471 e. The van der Waals surface area contributed by atoms with Gasteiger partial charge in [-0.05, 0) is 5.92 Å². The largest absolute Gasteiger partial charge is 0.147 e. The Labute approximate surface area is 78.2 Å². The quantitative estimate of drug-likeness (QED) is 0.528. The molecule has 0 rings (SSSR count). The summed E-state index contributed by atoms with van der Waals surface area (Å²) in [6.45, 7) is 6.88. The fraction of sp³-hybridized carbons (Fsp3) is 1.00. The second-order valence-corrected chi connectivity index (χ2v) is 3.60. The van der Waals surface area contributed by atoms with Crippen LogP contribution in [-0.4, -0.2) is 0 Å². The molecule has 0 atom stereocenters. The third kappa shape index (κ3) is 13.3. The molecule has 0 aromatic carbocycles. The summed E-state index contributed by atoms with van der Waals surface area (Å²) in [4.78, 5) is 0. The van der Waals surface area contributed by atoms with E-state index in [2.05, 4.69) is 20.8 Å². The van der Waals surface area contributed by atoms with E-state index in [-0.39, 0.29) is 12.4 Å². The number of rotatable bonds is 6. The van der Waals surface area contributed by atoms with Crippen molar-refractivity contribution in [1.82, 2.24) is 0 Å². The first kappa shape index (κ1) is 13.9. The van der Waals surface area contributed by atoms with Crippen LogP contribution in [0.15, 0.2) is 0 Å². The van der Waals surface area contributed by atoms with Crippen molar-refractivity contribution in [3.63, 3.8) is 0 Å². The summed E-state index contributed by atoms with van der Waals surface area (Å²) in [7, 11) is 0. The molecule has 0 spiro atoms. The van der Waals surface area contributed by atoms with Gasteiger partial charge in [-0.1, -0.05) is 59.3 Å². The summed E-state index contributed by atoms with van der Waals surface area (Å²) in [5.41, 5.74) is 0. The molecule has 70 valence electrons. The molecular weight excluding hydrogens is 156 g/mol. The Morgan fingerprint density at radius 2 is 1.45 bits per heavy atom. The molecule has 1 heteroatoms. The summed E-state index contributed by atoms with van der Waals surface area (Å²) in [5.74, 6) is 0.904. The van der Waals surface area contributed by atoms with Gasteiger partial charge in [0.25, 0.3) is 0 Å². The van der Waals surface area contributed by atoms with Crippen LogP contribution < -0.4 is 0 Å². The summed E-state index contributed by atoms with van der Waals surface area (Å²) in [5, 5.41) is 0. The molecule has 0 unspecified atom stereocenters. The van der Waals surface area contributed by atoms with E-state index in [1.807, 2.05) is 0 Å². The minimum absolute atomic E-state index is 0. The molecule has 0 saturated carbocycles. The highest BCUT2D eigenvalue weighted by Crippen LogP contribution is 2.09. The molecule has 0 bridgehead atoms. The lowest BCUT2D eigenvalue weighted by atomic mass is 10.0. The number of hydrogen-bond donors (Lipinski definition) is 0. The Balaban J connectivity index is 0. The number of halogens is 1. The van der Waals surface area contributed by atoms with Crippen molar-refractivity contribution in [1.29, 1.82) is 0 Å². The first-order valence-corrected chi connectivity index (χ1v) is 4.77. The van der Waals surface area contributed by atoms with E-state index >= 15 is 0 Å². The van der Waals surface area contributed by atoms with Crippen molar-refractivity contribution in [2.24, 2.45) is 5.92 Å². The zero-order valence-corrected chi connectivity index (χ0v) is 9.04. The average Bonchev–Trinajstić information content (AvgIpc) is 1.87. The molecule has 0 heterocycles. The molecule has 0 N–H and O–H groups in total. The Kier molecular flexibility index (Phi) is 13.0. The van der Waals surface area contributed by atoms with Crippen molar-refractivity contribution in [3.05, 3.63) is 0 Å². The Hall–Kier alpha value is 0.290. The molecule has 0 nitrogen and oxygen atoms in total. The van der Waals surface area contributed by atoms with E-state index < -0.39 is 0 Å². The van der Waals surface area contributed by atoms with Crippen LogP contribution in [0.25, 0.3) is 0 Å².